The number of carbonyl (C=O) groups is 2. The molecule has 20 heavy (non-hydrogen) atoms. The minimum atomic E-state index is -1.39. The molecule has 0 unspecified atom stereocenters. The number of ether oxygens (including phenoxy) is 1. The molecular formula is C15H25NO4. The third-order valence-corrected chi connectivity index (χ3v) is 4.01. The Balaban J connectivity index is 2.82. The normalized spacial score (nSPS) is 26.3. The summed E-state index contributed by atoms with van der Waals surface area (Å²) < 4.78 is 4.91. The van der Waals surface area contributed by atoms with Crippen molar-refractivity contribution in [3.8, 4) is 0 Å². The Morgan fingerprint density at radius 2 is 1.95 bits per heavy atom. The first-order valence-electron chi connectivity index (χ1n) is 6.75. The molecule has 1 fully saturated rings. The Morgan fingerprint density at radius 3 is 2.35 bits per heavy atom. The van der Waals surface area contributed by atoms with Crippen molar-refractivity contribution in [1.29, 1.82) is 0 Å². The second kappa shape index (κ2) is 5.56. The maximum atomic E-state index is 12.3. The van der Waals surface area contributed by atoms with Crippen LogP contribution < -0.4 is 5.32 Å². The molecule has 0 aromatic carbocycles. The number of methoxy groups -OCH3 is 1. The molecule has 0 bridgehead atoms. The summed E-state index contributed by atoms with van der Waals surface area (Å²) in [5.74, 6) is -1.34. The van der Waals surface area contributed by atoms with Gasteiger partial charge in [-0.3, -0.25) is 4.79 Å². The summed E-state index contributed by atoms with van der Waals surface area (Å²) in [5.41, 5.74) is -0.357. The molecule has 3 atom stereocenters. The van der Waals surface area contributed by atoms with Gasteiger partial charge >= 0.3 is 5.97 Å². The summed E-state index contributed by atoms with van der Waals surface area (Å²) in [4.78, 5) is 23.7. The molecule has 1 saturated carbocycles. The SMILES string of the molecule is COC[C@](C)(NC(=O)[C@H]1[C@@H](C=C(C)C)C1(C)C)C(=O)O. The Kier molecular flexibility index (Phi) is 4.64. The smallest absolute Gasteiger partial charge is 0.331 e. The number of carboxylic acids is 1. The lowest BCUT2D eigenvalue weighted by molar-refractivity contribution is -0.149. The van der Waals surface area contributed by atoms with Crippen LogP contribution in [0.1, 0.15) is 34.6 Å². The van der Waals surface area contributed by atoms with E-state index in [2.05, 4.69) is 11.4 Å². The Morgan fingerprint density at radius 1 is 1.40 bits per heavy atom. The van der Waals surface area contributed by atoms with E-state index in [9.17, 15) is 14.7 Å². The van der Waals surface area contributed by atoms with Crippen LogP contribution in [0.2, 0.25) is 0 Å². The monoisotopic (exact) mass is 283 g/mol. The van der Waals surface area contributed by atoms with Gasteiger partial charge in [0.05, 0.1) is 12.5 Å². The van der Waals surface area contributed by atoms with E-state index in [1.165, 1.54) is 14.0 Å². The summed E-state index contributed by atoms with van der Waals surface area (Å²) in [7, 11) is 1.42. The van der Waals surface area contributed by atoms with Gasteiger partial charge in [-0.1, -0.05) is 25.5 Å². The summed E-state index contributed by atoms with van der Waals surface area (Å²) in [6, 6.07) is 0. The number of amides is 1. The van der Waals surface area contributed by atoms with E-state index in [0.717, 1.165) is 5.57 Å². The van der Waals surface area contributed by atoms with Crippen molar-refractivity contribution in [2.45, 2.75) is 40.2 Å². The number of hydrogen-bond donors (Lipinski definition) is 2. The van der Waals surface area contributed by atoms with Crippen molar-refractivity contribution in [1.82, 2.24) is 5.32 Å². The first kappa shape index (κ1) is 16.7. The zero-order valence-corrected chi connectivity index (χ0v) is 13.1. The molecule has 2 N–H and O–H groups in total. The molecule has 1 rings (SSSR count). The molecule has 0 saturated heterocycles. The van der Waals surface area contributed by atoms with E-state index in [1.807, 2.05) is 27.7 Å². The molecule has 0 aromatic rings. The number of hydrogen-bond acceptors (Lipinski definition) is 3. The summed E-state index contributed by atoms with van der Waals surface area (Å²) in [6.45, 7) is 9.44. The lowest BCUT2D eigenvalue weighted by Gasteiger charge is -2.25. The van der Waals surface area contributed by atoms with Crippen molar-refractivity contribution in [2.24, 2.45) is 17.3 Å². The van der Waals surface area contributed by atoms with Crippen LogP contribution in [-0.4, -0.2) is 36.2 Å². The van der Waals surface area contributed by atoms with Crippen LogP contribution in [0, 0.1) is 17.3 Å². The first-order chi connectivity index (χ1) is 9.06. The van der Waals surface area contributed by atoms with Crippen molar-refractivity contribution in [3.63, 3.8) is 0 Å². The molecule has 0 aliphatic heterocycles. The van der Waals surface area contributed by atoms with Crippen LogP contribution >= 0.6 is 0 Å². The fourth-order valence-corrected chi connectivity index (χ4v) is 2.64. The predicted octanol–water partition coefficient (Wildman–Crippen LogP) is 1.83. The predicted molar refractivity (Wildman–Crippen MR) is 76.3 cm³/mol. The highest BCUT2D eigenvalue weighted by Crippen LogP contribution is 2.59. The summed E-state index contributed by atoms with van der Waals surface area (Å²) in [6.07, 6.45) is 2.08. The van der Waals surface area contributed by atoms with Crippen LogP contribution in [0.3, 0.4) is 0 Å². The van der Waals surface area contributed by atoms with Crippen LogP contribution in [0.25, 0.3) is 0 Å². The van der Waals surface area contributed by atoms with Gasteiger partial charge in [-0.2, -0.15) is 0 Å². The van der Waals surface area contributed by atoms with Crippen LogP contribution in [0.4, 0.5) is 0 Å². The Bertz CT molecular complexity index is 437. The van der Waals surface area contributed by atoms with Gasteiger partial charge in [0, 0.05) is 7.11 Å². The van der Waals surface area contributed by atoms with Gasteiger partial charge in [0.2, 0.25) is 5.91 Å². The van der Waals surface area contributed by atoms with Gasteiger partial charge in [-0.25, -0.2) is 4.79 Å². The van der Waals surface area contributed by atoms with Gasteiger partial charge in [0.15, 0.2) is 5.54 Å². The zero-order valence-electron chi connectivity index (χ0n) is 13.1. The number of rotatable bonds is 6. The van der Waals surface area contributed by atoms with Gasteiger partial charge in [0.1, 0.15) is 0 Å². The lowest BCUT2D eigenvalue weighted by Crippen LogP contribution is -2.56. The standard InChI is InChI=1S/C15H25NO4/c1-9(2)7-10-11(14(10,3)4)12(17)16-15(5,8-20-6)13(18)19/h7,10-11H,8H2,1-6H3,(H,16,17)(H,18,19)/t10-,11-,15+/m1/s1. The minimum absolute atomic E-state index is 0.0610. The molecule has 1 aliphatic carbocycles. The van der Waals surface area contributed by atoms with Crippen LogP contribution in [0.5, 0.6) is 0 Å². The Labute approximate surface area is 120 Å². The largest absolute Gasteiger partial charge is 0.479 e. The molecule has 0 aromatic heterocycles. The number of carboxylic acid groups (broad SMARTS) is 1. The highest BCUT2D eigenvalue weighted by molar-refractivity contribution is 5.90. The number of carbonyl (C=O) groups excluding carboxylic acids is 1. The van der Waals surface area contributed by atoms with E-state index in [-0.39, 0.29) is 29.8 Å². The molecule has 0 radical (unpaired) electrons. The molecule has 0 heterocycles. The number of allylic oxidation sites excluding steroid dienone is 2. The fraction of sp³-hybridized carbons (Fsp3) is 0.733. The average molecular weight is 283 g/mol. The third-order valence-electron chi connectivity index (χ3n) is 4.01. The van der Waals surface area contributed by atoms with Crippen molar-refractivity contribution in [2.75, 3.05) is 13.7 Å². The van der Waals surface area contributed by atoms with Crippen LogP contribution in [-0.2, 0) is 14.3 Å². The molecule has 5 nitrogen and oxygen atoms in total. The van der Waals surface area contributed by atoms with E-state index in [0.29, 0.717) is 0 Å². The highest BCUT2D eigenvalue weighted by atomic mass is 16.5. The van der Waals surface area contributed by atoms with Crippen molar-refractivity contribution >= 4 is 11.9 Å². The van der Waals surface area contributed by atoms with E-state index in [1.54, 1.807) is 0 Å². The topological polar surface area (TPSA) is 75.6 Å². The summed E-state index contributed by atoms with van der Waals surface area (Å²) >= 11 is 0. The molecular weight excluding hydrogens is 258 g/mol. The van der Waals surface area contributed by atoms with E-state index < -0.39 is 11.5 Å². The first-order valence-corrected chi connectivity index (χ1v) is 6.75. The molecule has 0 spiro atoms. The maximum Gasteiger partial charge on any atom is 0.331 e. The Hall–Kier alpha value is -1.36. The highest BCUT2D eigenvalue weighted by Gasteiger charge is 2.61. The van der Waals surface area contributed by atoms with Gasteiger partial charge in [-0.05, 0) is 32.1 Å². The van der Waals surface area contributed by atoms with Gasteiger partial charge in [0.25, 0.3) is 0 Å². The van der Waals surface area contributed by atoms with E-state index in [4.69, 9.17) is 4.74 Å². The third kappa shape index (κ3) is 3.20. The average Bonchev–Trinajstić information content (AvgIpc) is 2.79. The number of nitrogens with one attached hydrogen (secondary N) is 1. The van der Waals surface area contributed by atoms with Gasteiger partial charge in [-0.15, -0.1) is 0 Å². The second-order valence-corrected chi connectivity index (χ2v) is 6.63. The van der Waals surface area contributed by atoms with Crippen molar-refractivity contribution in [3.05, 3.63) is 11.6 Å². The zero-order chi connectivity index (χ0) is 15.7. The van der Waals surface area contributed by atoms with Gasteiger partial charge < -0.3 is 15.2 Å². The summed E-state index contributed by atoms with van der Waals surface area (Å²) in [5, 5.41) is 11.9. The molecule has 1 amide bonds. The minimum Gasteiger partial charge on any atom is -0.479 e. The van der Waals surface area contributed by atoms with Crippen molar-refractivity contribution < 1.29 is 19.4 Å². The quantitative estimate of drug-likeness (QED) is 0.729. The lowest BCUT2D eigenvalue weighted by atomic mass is 10.0. The van der Waals surface area contributed by atoms with E-state index >= 15 is 0 Å². The second-order valence-electron chi connectivity index (χ2n) is 6.63. The molecule has 5 heteroatoms. The molecule has 1 aliphatic rings. The fourth-order valence-electron chi connectivity index (χ4n) is 2.64. The molecule has 114 valence electrons. The number of aliphatic carboxylic acids is 1. The van der Waals surface area contributed by atoms with Crippen LogP contribution in [0.15, 0.2) is 11.6 Å². The maximum absolute atomic E-state index is 12.3.